The van der Waals surface area contributed by atoms with Crippen molar-refractivity contribution < 1.29 is 42.7 Å². The number of nitrogens with zero attached hydrogens (tertiary/aromatic N) is 7. The van der Waals surface area contributed by atoms with E-state index < -0.39 is 37.8 Å². The van der Waals surface area contributed by atoms with Crippen LogP contribution in [0, 0.1) is 11.7 Å². The van der Waals surface area contributed by atoms with Crippen molar-refractivity contribution in [3.8, 4) is 5.82 Å². The smallest absolute Gasteiger partial charge is 0.326 e. The zero-order chi connectivity index (χ0) is 35.7. The van der Waals surface area contributed by atoms with Gasteiger partial charge in [-0.2, -0.15) is 0 Å². The van der Waals surface area contributed by atoms with Crippen LogP contribution in [0.25, 0.3) is 16.7 Å². The van der Waals surface area contributed by atoms with Crippen molar-refractivity contribution in [2.75, 3.05) is 32.8 Å². The molecular weight excluding hydrogens is 660 g/mol. The van der Waals surface area contributed by atoms with Gasteiger partial charge < -0.3 is 29.2 Å². The fourth-order valence-corrected chi connectivity index (χ4v) is 5.51. The van der Waals surface area contributed by atoms with Gasteiger partial charge in [0.15, 0.2) is 11.6 Å². The molecule has 0 spiro atoms. The van der Waals surface area contributed by atoms with Gasteiger partial charge in [-0.15, -0.1) is 5.10 Å². The van der Waals surface area contributed by atoms with E-state index in [1.54, 1.807) is 42.2 Å². The van der Waals surface area contributed by atoms with Crippen molar-refractivity contribution in [1.29, 1.82) is 0 Å². The summed E-state index contributed by atoms with van der Waals surface area (Å²) in [4.78, 5) is 66.1. The molecule has 0 saturated carbocycles. The molecule has 262 valence electrons. The number of rotatable bonds is 12. The summed E-state index contributed by atoms with van der Waals surface area (Å²) < 4.78 is 34.4. The Kier molecular flexibility index (Phi) is 12.5. The zero-order valence-electron chi connectivity index (χ0n) is 27.4. The Labute approximate surface area is 281 Å². The summed E-state index contributed by atoms with van der Waals surface area (Å²) in [7, 11) is -3.95. The Morgan fingerprint density at radius 2 is 1.76 bits per heavy atom. The number of carbonyl (C=O) groups is 4. The molecule has 2 atom stereocenters. The summed E-state index contributed by atoms with van der Waals surface area (Å²) in [6.45, 7) is 4.92. The van der Waals surface area contributed by atoms with Gasteiger partial charge in [-0.1, -0.05) is 56.5 Å². The maximum absolute atomic E-state index is 15.1. The van der Waals surface area contributed by atoms with Gasteiger partial charge in [0.1, 0.15) is 6.73 Å². The first-order chi connectivity index (χ1) is 23.3. The van der Waals surface area contributed by atoms with Crippen LogP contribution in [0.4, 0.5) is 4.39 Å². The molecule has 3 aromatic heterocycles. The molecule has 0 radical (unpaired) electrons. The third kappa shape index (κ3) is 9.43. The largest absolute Gasteiger partial charge is 0.550 e. The lowest BCUT2D eigenvalue weighted by Crippen LogP contribution is -2.52. The third-order valence-electron chi connectivity index (χ3n) is 7.86. The highest BCUT2D eigenvalue weighted by molar-refractivity contribution is 7.51. The molecule has 4 aromatic rings. The highest BCUT2D eigenvalue weighted by atomic mass is 31.2. The van der Waals surface area contributed by atoms with E-state index in [9.17, 15) is 33.7 Å². The number of halogens is 1. The molecule has 4 heterocycles. The number of ketones is 1. The second-order valence-corrected chi connectivity index (χ2v) is 13.4. The number of pyridine rings is 1. The van der Waals surface area contributed by atoms with Crippen LogP contribution in [0.1, 0.15) is 60.2 Å². The number of carboxylic acid groups (broad SMARTS) is 1. The number of unbranched alkanes of at least 4 members (excludes halogenated alkanes) is 2. The monoisotopic (exact) mass is 698 g/mol. The molecule has 1 aliphatic rings. The lowest BCUT2D eigenvalue weighted by atomic mass is 10.0. The Hall–Kier alpha value is -4.79. The summed E-state index contributed by atoms with van der Waals surface area (Å²) in [5, 5.41) is 17.5. The van der Waals surface area contributed by atoms with Crippen LogP contribution in [0.15, 0.2) is 55.1 Å². The Bertz CT molecular complexity index is 1820. The summed E-state index contributed by atoms with van der Waals surface area (Å²) in [5.41, 5.74) is 0.269. The maximum Gasteiger partial charge on any atom is 0.326 e. The quantitative estimate of drug-likeness (QED) is 0.0990. The fourth-order valence-electron chi connectivity index (χ4n) is 5.17. The minimum atomic E-state index is -3.95. The average molecular weight is 699 g/mol. The number of benzene rings is 1. The van der Waals surface area contributed by atoms with Crippen molar-refractivity contribution >= 4 is 42.1 Å². The summed E-state index contributed by atoms with van der Waals surface area (Å²) in [5.74, 6) is -4.04. The van der Waals surface area contributed by atoms with Crippen LogP contribution < -0.4 is 5.11 Å². The summed E-state index contributed by atoms with van der Waals surface area (Å²) in [6, 6.07) is 8.73. The van der Waals surface area contributed by atoms with E-state index >= 15 is 4.39 Å². The number of aliphatic carboxylic acids is 1. The van der Waals surface area contributed by atoms with Gasteiger partial charge >= 0.3 is 7.60 Å². The topological polar surface area (TPSA) is 193 Å². The number of fused-ring (bicyclic) bond motifs is 1. The first-order valence-electron chi connectivity index (χ1n) is 15.7. The predicted octanol–water partition coefficient (Wildman–Crippen LogP) is 2.67. The third-order valence-corrected chi connectivity index (χ3v) is 8.46. The number of Topliss-reactive ketones (excluding diaryl/α,β-unsaturated/α-hetero) is 1. The lowest BCUT2D eigenvalue weighted by Gasteiger charge is -2.34. The van der Waals surface area contributed by atoms with Crippen LogP contribution >= 0.6 is 7.60 Å². The van der Waals surface area contributed by atoms with Crippen LogP contribution in [-0.4, -0.2) is 95.6 Å². The number of carboxylic acids is 1. The van der Waals surface area contributed by atoms with E-state index in [2.05, 4.69) is 22.2 Å². The van der Waals surface area contributed by atoms with Crippen LogP contribution in [0.5, 0.6) is 0 Å². The molecule has 1 saturated heterocycles. The van der Waals surface area contributed by atoms with Gasteiger partial charge in [-0.05, 0) is 24.5 Å². The molecule has 2 amide bonds. The minimum Gasteiger partial charge on any atom is -0.550 e. The summed E-state index contributed by atoms with van der Waals surface area (Å²) >= 11 is 0. The number of hydrogen-bond acceptors (Lipinski definition) is 10. The van der Waals surface area contributed by atoms with Crippen molar-refractivity contribution in [3.05, 3.63) is 72.1 Å². The number of hydrogen-bond donors (Lipinski definition) is 1. The number of aromatic nitrogens is 5. The lowest BCUT2D eigenvalue weighted by molar-refractivity contribution is -0.311. The van der Waals surface area contributed by atoms with Gasteiger partial charge in [0.2, 0.25) is 0 Å². The van der Waals surface area contributed by atoms with E-state index in [0.717, 1.165) is 38.5 Å². The number of carbonyl (C=O) groups excluding carboxylic acids is 4. The highest BCUT2D eigenvalue weighted by Gasteiger charge is 2.32. The van der Waals surface area contributed by atoms with E-state index in [-0.39, 0.29) is 60.3 Å². The second kappa shape index (κ2) is 16.5. The molecule has 17 heteroatoms. The molecule has 0 aliphatic carbocycles. The fraction of sp³-hybridized carbons (Fsp3) is 0.406. The molecule has 1 N–H and O–H groups in total. The van der Waals surface area contributed by atoms with E-state index in [1.807, 2.05) is 0 Å². The molecule has 1 fully saturated rings. The van der Waals surface area contributed by atoms with Crippen molar-refractivity contribution in [2.45, 2.75) is 46.3 Å². The number of amides is 2. The normalized spacial score (nSPS) is 14.9. The molecule has 5 rings (SSSR count). The molecule has 15 nitrogen and oxygen atoms in total. The Balaban J connectivity index is 0.000000471. The summed E-state index contributed by atoms with van der Waals surface area (Å²) in [6.07, 6.45) is 8.90. The van der Waals surface area contributed by atoms with E-state index in [4.69, 9.17) is 4.52 Å². The maximum atomic E-state index is 15.1. The number of piperazine rings is 1. The van der Waals surface area contributed by atoms with Crippen molar-refractivity contribution in [2.24, 2.45) is 5.92 Å². The minimum absolute atomic E-state index is 0.0170. The SMILES string of the molecule is CCCCC[C@H](C)C(=O)[O-].CP(=O)(O)OCn1cc(C(=O)C(=O)N2CCN(C(=O)c3ccccc3)CC2)c2c(F)cnc(-n3ccnn3)c21. The molecule has 49 heavy (non-hydrogen) atoms. The average Bonchev–Trinajstić information content (AvgIpc) is 3.77. The van der Waals surface area contributed by atoms with Gasteiger partial charge in [0, 0.05) is 50.6 Å². The molecule has 1 aliphatic heterocycles. The van der Waals surface area contributed by atoms with E-state index in [1.165, 1.54) is 32.7 Å². The van der Waals surface area contributed by atoms with E-state index in [0.29, 0.717) is 5.56 Å². The molecule has 1 unspecified atom stereocenters. The van der Waals surface area contributed by atoms with Gasteiger partial charge in [0.25, 0.3) is 17.6 Å². The first kappa shape index (κ1) is 37.0. The Morgan fingerprint density at radius 3 is 2.35 bits per heavy atom. The van der Waals surface area contributed by atoms with Crippen molar-refractivity contribution in [3.63, 3.8) is 0 Å². The predicted molar refractivity (Wildman–Crippen MR) is 173 cm³/mol. The van der Waals surface area contributed by atoms with Gasteiger partial charge in [0.05, 0.1) is 35.1 Å². The second-order valence-electron chi connectivity index (χ2n) is 11.6. The van der Waals surface area contributed by atoms with Crippen LogP contribution in [-0.2, 0) is 25.4 Å². The van der Waals surface area contributed by atoms with Crippen LogP contribution in [0.3, 0.4) is 0 Å². The zero-order valence-corrected chi connectivity index (χ0v) is 28.3. The molecular formula is C32H38FN7O8P-. The Morgan fingerprint density at radius 1 is 1.08 bits per heavy atom. The molecule has 0 bridgehead atoms. The van der Waals surface area contributed by atoms with Crippen LogP contribution in [0.2, 0.25) is 0 Å². The van der Waals surface area contributed by atoms with Crippen molar-refractivity contribution in [1.82, 2.24) is 34.3 Å². The van der Waals surface area contributed by atoms with Gasteiger partial charge in [-0.25, -0.2) is 14.1 Å². The van der Waals surface area contributed by atoms with Gasteiger partial charge in [-0.3, -0.25) is 23.5 Å². The first-order valence-corrected chi connectivity index (χ1v) is 17.7. The highest BCUT2D eigenvalue weighted by Crippen LogP contribution is 2.38. The standard InChI is InChI=1S/C24H23FN7O6P.C8H16O2/c1-39(36,37)38-15-31-14-17(19-18(25)13-26-22(20(19)31)32-8-7-27-28-32)21(33)24(35)30-11-9-29(10-12-30)23(34)16-5-3-2-4-6-16;1-3-4-5-6-7(2)8(9)10/h2-8,13-14H,9-12,15H2,1H3,(H,36,37);7H,3-6H2,1-2H3,(H,9,10)/p-1/t;7-/m.0/s1. The molecule has 1 aromatic carbocycles.